The lowest BCUT2D eigenvalue weighted by molar-refractivity contribution is -0.145. The van der Waals surface area contributed by atoms with Gasteiger partial charge in [-0.1, -0.05) is 34.1 Å². The summed E-state index contributed by atoms with van der Waals surface area (Å²) in [5, 5.41) is 0. The van der Waals surface area contributed by atoms with E-state index in [-0.39, 0.29) is 11.3 Å². The molecule has 1 fully saturated rings. The van der Waals surface area contributed by atoms with Crippen molar-refractivity contribution in [2.75, 3.05) is 18.5 Å². The first kappa shape index (κ1) is 20.7. The SMILES string of the molecule is COC(=O)[C@@H]1C[C@@H]2c3cc(Br)ccc3N(S(=O)(=O)c3ccccc3)[C@@H]2N1C(=O)OC. The molecule has 10 heteroatoms. The summed E-state index contributed by atoms with van der Waals surface area (Å²) < 4.78 is 39.1. The first-order chi connectivity index (χ1) is 14.3. The summed E-state index contributed by atoms with van der Waals surface area (Å²) in [5.74, 6) is -1.04. The molecule has 2 aliphatic rings. The lowest BCUT2D eigenvalue weighted by Crippen LogP contribution is -2.53. The fourth-order valence-corrected chi connectivity index (χ4v) is 6.31. The molecule has 4 rings (SSSR count). The number of rotatable bonds is 3. The highest BCUT2D eigenvalue weighted by Crippen LogP contribution is 2.52. The number of amides is 1. The number of nitrogens with zero attached hydrogens (tertiary/aromatic N) is 2. The van der Waals surface area contributed by atoms with Gasteiger partial charge in [0, 0.05) is 10.4 Å². The number of halogens is 1. The minimum absolute atomic E-state index is 0.0888. The molecule has 0 saturated carbocycles. The third kappa shape index (κ3) is 3.05. The molecule has 2 aromatic rings. The molecule has 0 bridgehead atoms. The minimum atomic E-state index is -4.03. The monoisotopic (exact) mass is 494 g/mol. The summed E-state index contributed by atoms with van der Waals surface area (Å²) in [6, 6.07) is 12.3. The Balaban J connectivity index is 1.93. The van der Waals surface area contributed by atoms with Crippen LogP contribution in [-0.2, 0) is 24.3 Å². The van der Waals surface area contributed by atoms with E-state index >= 15 is 0 Å². The van der Waals surface area contributed by atoms with Crippen molar-refractivity contribution in [1.29, 1.82) is 0 Å². The summed E-state index contributed by atoms with van der Waals surface area (Å²) in [4.78, 5) is 26.4. The fraction of sp³-hybridized carbons (Fsp3) is 0.300. The Labute approximate surface area is 182 Å². The van der Waals surface area contributed by atoms with Crippen molar-refractivity contribution in [3.63, 3.8) is 0 Å². The second kappa shape index (κ2) is 7.59. The van der Waals surface area contributed by atoms with Gasteiger partial charge in [-0.2, -0.15) is 0 Å². The number of hydrogen-bond donors (Lipinski definition) is 0. The minimum Gasteiger partial charge on any atom is -0.467 e. The van der Waals surface area contributed by atoms with E-state index < -0.39 is 40.2 Å². The molecule has 0 aromatic heterocycles. The molecule has 0 spiro atoms. The molecule has 30 heavy (non-hydrogen) atoms. The summed E-state index contributed by atoms with van der Waals surface area (Å²) in [5.41, 5.74) is 1.20. The van der Waals surface area contributed by atoms with Gasteiger partial charge in [0.2, 0.25) is 0 Å². The Morgan fingerprint density at radius 3 is 2.40 bits per heavy atom. The van der Waals surface area contributed by atoms with Crippen LogP contribution in [0, 0.1) is 0 Å². The Morgan fingerprint density at radius 2 is 1.77 bits per heavy atom. The highest BCUT2D eigenvalue weighted by atomic mass is 79.9. The normalized spacial score (nSPS) is 22.4. The van der Waals surface area contributed by atoms with Crippen molar-refractivity contribution in [2.45, 2.75) is 29.4 Å². The van der Waals surface area contributed by atoms with Crippen LogP contribution in [0.25, 0.3) is 0 Å². The molecule has 0 N–H and O–H groups in total. The van der Waals surface area contributed by atoms with Gasteiger partial charge in [-0.05, 0) is 42.3 Å². The Kier molecular flexibility index (Phi) is 5.23. The van der Waals surface area contributed by atoms with E-state index in [1.807, 2.05) is 6.07 Å². The van der Waals surface area contributed by atoms with Crippen LogP contribution < -0.4 is 4.31 Å². The van der Waals surface area contributed by atoms with E-state index in [1.165, 1.54) is 35.6 Å². The number of carbonyl (C=O) groups excluding carboxylic acids is 2. The average Bonchev–Trinajstić information content (AvgIpc) is 3.28. The van der Waals surface area contributed by atoms with Crippen molar-refractivity contribution < 1.29 is 27.5 Å². The average molecular weight is 495 g/mol. The van der Waals surface area contributed by atoms with E-state index in [9.17, 15) is 18.0 Å². The van der Waals surface area contributed by atoms with Gasteiger partial charge in [0.15, 0.2) is 0 Å². The van der Waals surface area contributed by atoms with Crippen LogP contribution >= 0.6 is 15.9 Å². The largest absolute Gasteiger partial charge is 0.467 e. The molecule has 1 saturated heterocycles. The number of hydrogen-bond acceptors (Lipinski definition) is 6. The quantitative estimate of drug-likeness (QED) is 0.608. The van der Waals surface area contributed by atoms with Crippen LogP contribution in [0.5, 0.6) is 0 Å². The van der Waals surface area contributed by atoms with Gasteiger partial charge < -0.3 is 9.47 Å². The zero-order valence-electron chi connectivity index (χ0n) is 16.2. The molecule has 2 aromatic carbocycles. The first-order valence-corrected chi connectivity index (χ1v) is 11.4. The number of fused-ring (bicyclic) bond motifs is 3. The Morgan fingerprint density at radius 1 is 1.07 bits per heavy atom. The third-order valence-corrected chi connectivity index (χ3v) is 7.78. The van der Waals surface area contributed by atoms with Crippen molar-refractivity contribution >= 4 is 43.7 Å². The highest BCUT2D eigenvalue weighted by molar-refractivity contribution is 9.10. The summed E-state index contributed by atoms with van der Waals surface area (Å²) in [6.45, 7) is 0. The summed E-state index contributed by atoms with van der Waals surface area (Å²) in [7, 11) is -1.61. The fourth-order valence-electron chi connectivity index (χ4n) is 4.25. The van der Waals surface area contributed by atoms with Crippen LogP contribution in [0.3, 0.4) is 0 Å². The number of likely N-dealkylation sites (tertiary alicyclic amines) is 1. The van der Waals surface area contributed by atoms with E-state index in [4.69, 9.17) is 9.47 Å². The summed E-state index contributed by atoms with van der Waals surface area (Å²) >= 11 is 3.43. The second-order valence-electron chi connectivity index (χ2n) is 6.99. The Bertz CT molecular complexity index is 1110. The van der Waals surface area contributed by atoms with Crippen molar-refractivity contribution in [3.8, 4) is 0 Å². The standard InChI is InChI=1S/C20H19BrN2O6S/c1-28-19(24)17-11-15-14-10-12(21)8-9-16(14)23(18(15)22(17)20(25)29-2)30(26,27)13-6-4-3-5-7-13/h3-10,15,17-18H,11H2,1-2H3/t15-,17+,18+/m1/s1. The molecular weight excluding hydrogens is 476 g/mol. The molecule has 3 atom stereocenters. The molecule has 0 radical (unpaired) electrons. The Hall–Kier alpha value is -2.59. The van der Waals surface area contributed by atoms with Crippen LogP contribution in [0.2, 0.25) is 0 Å². The van der Waals surface area contributed by atoms with E-state index in [0.29, 0.717) is 5.69 Å². The van der Waals surface area contributed by atoms with Gasteiger partial charge in [-0.25, -0.2) is 22.3 Å². The number of esters is 1. The van der Waals surface area contributed by atoms with Gasteiger partial charge in [-0.15, -0.1) is 0 Å². The number of benzene rings is 2. The topological polar surface area (TPSA) is 93.2 Å². The molecule has 2 aliphatic heterocycles. The van der Waals surface area contributed by atoms with E-state index in [0.717, 1.165) is 10.0 Å². The smallest absolute Gasteiger partial charge is 0.411 e. The maximum absolute atomic E-state index is 13.6. The molecule has 8 nitrogen and oxygen atoms in total. The van der Waals surface area contributed by atoms with E-state index in [2.05, 4.69) is 15.9 Å². The molecule has 0 unspecified atom stereocenters. The van der Waals surface area contributed by atoms with Crippen molar-refractivity contribution in [3.05, 3.63) is 58.6 Å². The molecule has 2 heterocycles. The van der Waals surface area contributed by atoms with Gasteiger partial charge in [0.1, 0.15) is 12.2 Å². The third-order valence-electron chi connectivity index (χ3n) is 5.48. The number of methoxy groups -OCH3 is 2. The van der Waals surface area contributed by atoms with Crippen LogP contribution in [-0.4, -0.2) is 51.8 Å². The van der Waals surface area contributed by atoms with Gasteiger partial charge in [0.05, 0.1) is 24.8 Å². The zero-order valence-corrected chi connectivity index (χ0v) is 18.6. The molecular formula is C20H19BrN2O6S. The number of carbonyl (C=O) groups is 2. The van der Waals surface area contributed by atoms with Crippen LogP contribution in [0.4, 0.5) is 10.5 Å². The molecule has 158 valence electrons. The second-order valence-corrected chi connectivity index (χ2v) is 9.72. The van der Waals surface area contributed by atoms with Gasteiger partial charge in [0.25, 0.3) is 10.0 Å². The lowest BCUT2D eigenvalue weighted by Gasteiger charge is -2.34. The highest BCUT2D eigenvalue weighted by Gasteiger charge is 2.58. The number of anilines is 1. The lowest BCUT2D eigenvalue weighted by atomic mass is 9.96. The first-order valence-electron chi connectivity index (χ1n) is 9.14. The number of sulfonamides is 1. The maximum Gasteiger partial charge on any atom is 0.411 e. The van der Waals surface area contributed by atoms with Crippen LogP contribution in [0.1, 0.15) is 17.9 Å². The van der Waals surface area contributed by atoms with E-state index in [1.54, 1.807) is 30.3 Å². The van der Waals surface area contributed by atoms with Crippen molar-refractivity contribution in [1.82, 2.24) is 4.90 Å². The van der Waals surface area contributed by atoms with Crippen molar-refractivity contribution in [2.24, 2.45) is 0 Å². The van der Waals surface area contributed by atoms with Gasteiger partial charge >= 0.3 is 12.1 Å². The summed E-state index contributed by atoms with van der Waals surface area (Å²) in [6.07, 6.45) is -1.52. The maximum atomic E-state index is 13.6. The number of ether oxygens (including phenoxy) is 2. The van der Waals surface area contributed by atoms with Gasteiger partial charge in [-0.3, -0.25) is 4.90 Å². The van der Waals surface area contributed by atoms with Crippen LogP contribution in [0.15, 0.2) is 57.9 Å². The molecule has 0 aliphatic carbocycles. The molecule has 1 amide bonds. The zero-order chi connectivity index (χ0) is 21.6. The predicted molar refractivity (Wildman–Crippen MR) is 111 cm³/mol. The predicted octanol–water partition coefficient (Wildman–Crippen LogP) is 3.08.